The molecule has 0 aromatic heterocycles. The van der Waals surface area contributed by atoms with Crippen LogP contribution in [0.25, 0.3) is 0 Å². The molecule has 1 aromatic rings. The van der Waals surface area contributed by atoms with Gasteiger partial charge < -0.3 is 5.32 Å². The van der Waals surface area contributed by atoms with Crippen molar-refractivity contribution in [3.8, 4) is 0 Å². The zero-order chi connectivity index (χ0) is 11.7. The second-order valence-electron chi connectivity index (χ2n) is 3.94. The van der Waals surface area contributed by atoms with Gasteiger partial charge in [0.2, 0.25) is 11.8 Å². The Labute approximate surface area is 94.2 Å². The molecule has 4 heteroatoms. The molecule has 1 saturated heterocycles. The first-order valence-corrected chi connectivity index (χ1v) is 5.26. The van der Waals surface area contributed by atoms with Gasteiger partial charge >= 0.3 is 0 Å². The fraction of sp³-hybridized carbons (Fsp3) is 0.333. The van der Waals surface area contributed by atoms with Crippen molar-refractivity contribution in [1.29, 1.82) is 0 Å². The van der Waals surface area contributed by atoms with Crippen LogP contribution < -0.4 is 10.2 Å². The number of carbonyl (C=O) groups excluding carboxylic acids is 2. The molecule has 84 valence electrons. The number of hydrogen-bond acceptors (Lipinski definition) is 2. The van der Waals surface area contributed by atoms with E-state index >= 15 is 0 Å². The molecule has 0 saturated carbocycles. The molecule has 1 N–H and O–H groups in total. The van der Waals surface area contributed by atoms with Crippen LogP contribution in [0.3, 0.4) is 0 Å². The zero-order valence-electron chi connectivity index (χ0n) is 9.36. The molecule has 0 radical (unpaired) electrons. The summed E-state index contributed by atoms with van der Waals surface area (Å²) in [6.07, 6.45) is 0. The first kappa shape index (κ1) is 10.7. The van der Waals surface area contributed by atoms with Gasteiger partial charge in [-0.1, -0.05) is 18.2 Å². The molecule has 0 spiro atoms. The molecule has 1 aliphatic rings. The van der Waals surface area contributed by atoms with Gasteiger partial charge in [0.25, 0.3) is 0 Å². The molecule has 2 rings (SSSR count). The summed E-state index contributed by atoms with van der Waals surface area (Å²) in [4.78, 5) is 24.9. The van der Waals surface area contributed by atoms with Crippen LogP contribution in [0.4, 0.5) is 5.69 Å². The van der Waals surface area contributed by atoms with Crippen LogP contribution in [-0.4, -0.2) is 24.4 Å². The molecule has 1 unspecified atom stereocenters. The fourth-order valence-electron chi connectivity index (χ4n) is 1.91. The number of benzene rings is 1. The second kappa shape index (κ2) is 3.96. The number of carbonyl (C=O) groups is 2. The lowest BCUT2D eigenvalue weighted by molar-refractivity contribution is -0.130. The largest absolute Gasteiger partial charge is 0.345 e. The van der Waals surface area contributed by atoms with Gasteiger partial charge in [0.15, 0.2) is 0 Å². The lowest BCUT2D eigenvalue weighted by Gasteiger charge is -2.33. The number of piperazine rings is 1. The molecule has 1 heterocycles. The number of hydrogen-bond donors (Lipinski definition) is 1. The Morgan fingerprint density at radius 3 is 2.69 bits per heavy atom. The highest BCUT2D eigenvalue weighted by atomic mass is 16.2. The van der Waals surface area contributed by atoms with E-state index in [4.69, 9.17) is 0 Å². The molecular formula is C12H14N2O2. The van der Waals surface area contributed by atoms with Crippen LogP contribution in [0, 0.1) is 6.92 Å². The smallest absolute Gasteiger partial charge is 0.247 e. The van der Waals surface area contributed by atoms with Crippen molar-refractivity contribution in [3.05, 3.63) is 29.8 Å². The number of anilines is 1. The van der Waals surface area contributed by atoms with E-state index in [2.05, 4.69) is 5.32 Å². The van der Waals surface area contributed by atoms with E-state index < -0.39 is 6.04 Å². The SMILES string of the molecule is Cc1ccccc1N1C(=O)CNC(=O)C1C. The van der Waals surface area contributed by atoms with Crippen LogP contribution in [-0.2, 0) is 9.59 Å². The average molecular weight is 218 g/mol. The summed E-state index contributed by atoms with van der Waals surface area (Å²) in [5, 5.41) is 2.57. The zero-order valence-corrected chi connectivity index (χ0v) is 9.36. The molecular weight excluding hydrogens is 204 g/mol. The van der Waals surface area contributed by atoms with Crippen molar-refractivity contribution in [2.24, 2.45) is 0 Å². The molecule has 0 aliphatic carbocycles. The minimum Gasteiger partial charge on any atom is -0.345 e. The van der Waals surface area contributed by atoms with Crippen molar-refractivity contribution >= 4 is 17.5 Å². The summed E-state index contributed by atoms with van der Waals surface area (Å²) in [5.41, 5.74) is 1.81. The number of aryl methyl sites for hydroxylation is 1. The summed E-state index contributed by atoms with van der Waals surface area (Å²) in [7, 11) is 0. The van der Waals surface area contributed by atoms with Gasteiger partial charge in [-0.3, -0.25) is 14.5 Å². The Kier molecular flexibility index (Phi) is 2.64. The summed E-state index contributed by atoms with van der Waals surface area (Å²) in [5.74, 6) is -0.177. The van der Waals surface area contributed by atoms with Gasteiger partial charge in [-0.2, -0.15) is 0 Å². The van der Waals surface area contributed by atoms with Crippen LogP contribution in [0.5, 0.6) is 0 Å². The molecule has 1 atom stereocenters. The molecule has 1 aliphatic heterocycles. The third kappa shape index (κ3) is 1.66. The van der Waals surface area contributed by atoms with Crippen molar-refractivity contribution in [1.82, 2.24) is 5.32 Å². The Hall–Kier alpha value is -1.84. The normalized spacial score (nSPS) is 20.9. The van der Waals surface area contributed by atoms with Crippen molar-refractivity contribution < 1.29 is 9.59 Å². The van der Waals surface area contributed by atoms with Gasteiger partial charge in [-0.15, -0.1) is 0 Å². The van der Waals surface area contributed by atoms with Crippen molar-refractivity contribution in [2.75, 3.05) is 11.4 Å². The highest BCUT2D eigenvalue weighted by molar-refractivity contribution is 6.06. The van der Waals surface area contributed by atoms with E-state index in [0.717, 1.165) is 11.3 Å². The number of nitrogens with one attached hydrogen (secondary N) is 1. The van der Waals surface area contributed by atoms with Crippen molar-refractivity contribution in [2.45, 2.75) is 19.9 Å². The fourth-order valence-corrected chi connectivity index (χ4v) is 1.91. The van der Waals surface area contributed by atoms with Crippen LogP contribution >= 0.6 is 0 Å². The summed E-state index contributed by atoms with van der Waals surface area (Å²) >= 11 is 0. The molecule has 16 heavy (non-hydrogen) atoms. The van der Waals surface area contributed by atoms with E-state index in [0.29, 0.717) is 0 Å². The van der Waals surface area contributed by atoms with E-state index in [1.807, 2.05) is 31.2 Å². The third-order valence-electron chi connectivity index (χ3n) is 2.82. The van der Waals surface area contributed by atoms with Crippen LogP contribution in [0.15, 0.2) is 24.3 Å². The highest BCUT2D eigenvalue weighted by Crippen LogP contribution is 2.23. The lowest BCUT2D eigenvalue weighted by atomic mass is 10.1. The molecule has 0 bridgehead atoms. The minimum absolute atomic E-state index is 0.0681. The van der Waals surface area contributed by atoms with E-state index in [9.17, 15) is 9.59 Å². The van der Waals surface area contributed by atoms with Gasteiger partial charge in [0.05, 0.1) is 6.54 Å². The summed E-state index contributed by atoms with van der Waals surface area (Å²) in [6.45, 7) is 3.75. The van der Waals surface area contributed by atoms with Gasteiger partial charge in [-0.25, -0.2) is 0 Å². The number of rotatable bonds is 1. The summed E-state index contributed by atoms with van der Waals surface area (Å²) in [6, 6.07) is 7.14. The van der Waals surface area contributed by atoms with Gasteiger partial charge in [0.1, 0.15) is 6.04 Å². The third-order valence-corrected chi connectivity index (χ3v) is 2.82. The number of nitrogens with zero attached hydrogens (tertiary/aromatic N) is 1. The predicted octanol–water partition coefficient (Wildman–Crippen LogP) is 0.846. The Balaban J connectivity index is 2.41. The van der Waals surface area contributed by atoms with E-state index in [1.54, 1.807) is 11.8 Å². The molecule has 2 amide bonds. The molecule has 1 fully saturated rings. The summed E-state index contributed by atoms with van der Waals surface area (Å²) < 4.78 is 0. The number of para-hydroxylation sites is 1. The monoisotopic (exact) mass is 218 g/mol. The Bertz CT molecular complexity index is 442. The predicted molar refractivity (Wildman–Crippen MR) is 61.1 cm³/mol. The minimum atomic E-state index is -0.442. The molecule has 1 aromatic carbocycles. The van der Waals surface area contributed by atoms with Crippen molar-refractivity contribution in [3.63, 3.8) is 0 Å². The van der Waals surface area contributed by atoms with Gasteiger partial charge in [0, 0.05) is 5.69 Å². The maximum absolute atomic E-state index is 11.8. The maximum atomic E-state index is 11.8. The average Bonchev–Trinajstić information content (AvgIpc) is 2.27. The van der Waals surface area contributed by atoms with E-state index in [1.165, 1.54) is 0 Å². The van der Waals surface area contributed by atoms with Gasteiger partial charge in [-0.05, 0) is 25.5 Å². The topological polar surface area (TPSA) is 49.4 Å². The standard InChI is InChI=1S/C12H14N2O2/c1-8-5-3-4-6-10(8)14-9(2)12(16)13-7-11(14)15/h3-6,9H,7H2,1-2H3,(H,13,16). The Morgan fingerprint density at radius 1 is 1.31 bits per heavy atom. The molecule has 4 nitrogen and oxygen atoms in total. The van der Waals surface area contributed by atoms with Crippen LogP contribution in [0.1, 0.15) is 12.5 Å². The Morgan fingerprint density at radius 2 is 2.00 bits per heavy atom. The first-order chi connectivity index (χ1) is 7.61. The first-order valence-electron chi connectivity index (χ1n) is 5.26. The van der Waals surface area contributed by atoms with Crippen LogP contribution in [0.2, 0.25) is 0 Å². The highest BCUT2D eigenvalue weighted by Gasteiger charge is 2.32. The number of amides is 2. The van der Waals surface area contributed by atoms with E-state index in [-0.39, 0.29) is 18.4 Å². The second-order valence-corrected chi connectivity index (χ2v) is 3.94. The quantitative estimate of drug-likeness (QED) is 0.759. The lowest BCUT2D eigenvalue weighted by Crippen LogP contribution is -2.57. The maximum Gasteiger partial charge on any atom is 0.247 e.